The first kappa shape index (κ1) is 13.1. The summed E-state index contributed by atoms with van der Waals surface area (Å²) in [7, 11) is -3.33. The minimum Gasteiger partial charge on any atom is -0.360 e. The van der Waals surface area contributed by atoms with E-state index in [1.54, 1.807) is 24.4 Å². The minimum atomic E-state index is -3.33. The van der Waals surface area contributed by atoms with Crippen molar-refractivity contribution in [3.8, 4) is 11.3 Å². The fraction of sp³-hybridized carbons (Fsp3) is 0.0769. The first-order valence-electron chi connectivity index (χ1n) is 5.31. The lowest BCUT2D eigenvalue weighted by molar-refractivity contribution is 0.599. The fourth-order valence-electron chi connectivity index (χ4n) is 1.73. The highest BCUT2D eigenvalue weighted by Gasteiger charge is 2.18. The van der Waals surface area contributed by atoms with Crippen LogP contribution in [0.1, 0.15) is 0 Å². The summed E-state index contributed by atoms with van der Waals surface area (Å²) in [5.74, 6) is -0.0636. The van der Waals surface area contributed by atoms with Crippen LogP contribution >= 0.6 is 15.9 Å². The van der Waals surface area contributed by atoms with Gasteiger partial charge in [0, 0.05) is 21.9 Å². The SMILES string of the molecule is C=CCS(=O)(=O)c1ccccc1-c1cc(Br)c[nH]1. The van der Waals surface area contributed by atoms with Crippen LogP contribution in [0.4, 0.5) is 0 Å². The number of hydrogen-bond acceptors (Lipinski definition) is 2. The van der Waals surface area contributed by atoms with Crippen LogP contribution in [0.2, 0.25) is 0 Å². The summed E-state index contributed by atoms with van der Waals surface area (Å²) in [5.41, 5.74) is 1.44. The Bertz CT molecular complexity index is 674. The van der Waals surface area contributed by atoms with E-state index in [9.17, 15) is 8.42 Å². The van der Waals surface area contributed by atoms with Gasteiger partial charge >= 0.3 is 0 Å². The molecule has 1 aromatic heterocycles. The summed E-state index contributed by atoms with van der Waals surface area (Å²) in [6, 6.07) is 8.79. The van der Waals surface area contributed by atoms with Gasteiger partial charge in [0.05, 0.1) is 10.6 Å². The van der Waals surface area contributed by atoms with Crippen molar-refractivity contribution < 1.29 is 8.42 Å². The van der Waals surface area contributed by atoms with E-state index in [2.05, 4.69) is 27.5 Å². The Labute approximate surface area is 115 Å². The Morgan fingerprint density at radius 3 is 2.67 bits per heavy atom. The van der Waals surface area contributed by atoms with Crippen molar-refractivity contribution in [2.24, 2.45) is 0 Å². The van der Waals surface area contributed by atoms with E-state index >= 15 is 0 Å². The second-order valence-electron chi connectivity index (χ2n) is 3.80. The van der Waals surface area contributed by atoms with Gasteiger partial charge in [-0.25, -0.2) is 8.42 Å². The third-order valence-electron chi connectivity index (χ3n) is 2.50. The standard InChI is InChI=1S/C13H12BrNO2S/c1-2-7-18(16,17)13-6-4-3-5-11(13)12-8-10(14)9-15-12/h2-6,8-9,15H,1,7H2. The molecular formula is C13H12BrNO2S. The lowest BCUT2D eigenvalue weighted by atomic mass is 10.1. The molecule has 0 unspecified atom stereocenters. The number of benzene rings is 1. The van der Waals surface area contributed by atoms with Gasteiger partial charge in [0.25, 0.3) is 0 Å². The minimum absolute atomic E-state index is 0.0636. The molecule has 0 atom stereocenters. The molecule has 94 valence electrons. The number of halogens is 1. The molecule has 0 spiro atoms. The zero-order valence-corrected chi connectivity index (χ0v) is 12.0. The molecule has 18 heavy (non-hydrogen) atoms. The average molecular weight is 326 g/mol. The van der Waals surface area contributed by atoms with Crippen molar-refractivity contribution in [3.63, 3.8) is 0 Å². The van der Waals surface area contributed by atoms with Crippen LogP contribution in [-0.2, 0) is 9.84 Å². The molecule has 0 saturated heterocycles. The molecule has 1 aromatic carbocycles. The smallest absolute Gasteiger partial charge is 0.182 e. The average Bonchev–Trinajstić information content (AvgIpc) is 2.76. The maximum Gasteiger partial charge on any atom is 0.182 e. The van der Waals surface area contributed by atoms with Crippen molar-refractivity contribution >= 4 is 25.8 Å². The van der Waals surface area contributed by atoms with Gasteiger partial charge in [0.2, 0.25) is 0 Å². The van der Waals surface area contributed by atoms with Gasteiger partial charge in [0.1, 0.15) is 0 Å². The maximum absolute atomic E-state index is 12.1. The van der Waals surface area contributed by atoms with Crippen LogP contribution in [0.15, 0.2) is 58.6 Å². The van der Waals surface area contributed by atoms with E-state index in [-0.39, 0.29) is 5.75 Å². The Kier molecular flexibility index (Phi) is 3.73. The lowest BCUT2D eigenvalue weighted by Crippen LogP contribution is -2.06. The first-order valence-corrected chi connectivity index (χ1v) is 7.76. The molecule has 0 saturated carbocycles. The van der Waals surface area contributed by atoms with Crippen molar-refractivity contribution in [3.05, 3.63) is 53.7 Å². The first-order chi connectivity index (χ1) is 8.54. The summed E-state index contributed by atoms with van der Waals surface area (Å²) >= 11 is 3.34. The fourth-order valence-corrected chi connectivity index (χ4v) is 3.36. The molecule has 0 amide bonds. The number of sulfone groups is 1. The van der Waals surface area contributed by atoms with E-state index in [1.807, 2.05) is 12.1 Å². The van der Waals surface area contributed by atoms with Crippen LogP contribution in [0, 0.1) is 0 Å². The predicted octanol–water partition coefficient (Wildman–Crippen LogP) is 3.40. The van der Waals surface area contributed by atoms with E-state index in [0.29, 0.717) is 10.5 Å². The van der Waals surface area contributed by atoms with Gasteiger partial charge < -0.3 is 4.98 Å². The van der Waals surface area contributed by atoms with Crippen molar-refractivity contribution in [2.45, 2.75) is 4.90 Å². The number of rotatable bonds is 4. The van der Waals surface area contributed by atoms with Gasteiger partial charge in [-0.05, 0) is 28.1 Å². The highest BCUT2D eigenvalue weighted by atomic mass is 79.9. The highest BCUT2D eigenvalue weighted by molar-refractivity contribution is 9.10. The molecule has 1 N–H and O–H groups in total. The second-order valence-corrected chi connectivity index (χ2v) is 6.72. The summed E-state index contributed by atoms with van der Waals surface area (Å²) in [4.78, 5) is 3.36. The van der Waals surface area contributed by atoms with Gasteiger partial charge in [-0.3, -0.25) is 0 Å². The van der Waals surface area contributed by atoms with Crippen LogP contribution in [0.3, 0.4) is 0 Å². The quantitative estimate of drug-likeness (QED) is 0.876. The number of aromatic nitrogens is 1. The molecule has 0 aliphatic heterocycles. The van der Waals surface area contributed by atoms with Crippen LogP contribution in [0.5, 0.6) is 0 Å². The van der Waals surface area contributed by atoms with Gasteiger partial charge in [-0.2, -0.15) is 0 Å². The molecule has 0 aliphatic rings. The number of nitrogens with one attached hydrogen (secondary N) is 1. The Hall–Kier alpha value is -1.33. The third-order valence-corrected chi connectivity index (χ3v) is 4.66. The van der Waals surface area contributed by atoms with E-state index in [4.69, 9.17) is 0 Å². The molecule has 0 bridgehead atoms. The van der Waals surface area contributed by atoms with Gasteiger partial charge in [-0.15, -0.1) is 6.58 Å². The number of aromatic amines is 1. The Balaban J connectivity index is 2.60. The van der Waals surface area contributed by atoms with Crippen LogP contribution in [0.25, 0.3) is 11.3 Å². The highest BCUT2D eigenvalue weighted by Crippen LogP contribution is 2.28. The molecule has 2 rings (SSSR count). The Morgan fingerprint density at radius 2 is 2.06 bits per heavy atom. The van der Waals surface area contributed by atoms with Crippen molar-refractivity contribution in [2.75, 3.05) is 5.75 Å². The van der Waals surface area contributed by atoms with Crippen molar-refractivity contribution in [1.29, 1.82) is 0 Å². The number of H-pyrrole nitrogens is 1. The molecule has 5 heteroatoms. The zero-order valence-electron chi connectivity index (χ0n) is 9.56. The third kappa shape index (κ3) is 2.57. The molecule has 2 aromatic rings. The summed E-state index contributed by atoms with van der Waals surface area (Å²) in [6.07, 6.45) is 3.17. The summed E-state index contributed by atoms with van der Waals surface area (Å²) < 4.78 is 25.2. The molecule has 1 heterocycles. The van der Waals surface area contributed by atoms with E-state index < -0.39 is 9.84 Å². The number of hydrogen-bond donors (Lipinski definition) is 1. The van der Waals surface area contributed by atoms with E-state index in [0.717, 1.165) is 10.2 Å². The second kappa shape index (κ2) is 5.12. The lowest BCUT2D eigenvalue weighted by Gasteiger charge is -2.07. The van der Waals surface area contributed by atoms with E-state index in [1.165, 1.54) is 6.08 Å². The molecule has 0 aliphatic carbocycles. The van der Waals surface area contributed by atoms with Crippen molar-refractivity contribution in [1.82, 2.24) is 4.98 Å². The summed E-state index contributed by atoms with van der Waals surface area (Å²) in [5, 5.41) is 0. The topological polar surface area (TPSA) is 49.9 Å². The predicted molar refractivity (Wildman–Crippen MR) is 76.2 cm³/mol. The van der Waals surface area contributed by atoms with Crippen LogP contribution in [-0.4, -0.2) is 19.2 Å². The van der Waals surface area contributed by atoms with Gasteiger partial charge in [0.15, 0.2) is 9.84 Å². The molecular weight excluding hydrogens is 314 g/mol. The zero-order chi connectivity index (χ0) is 13.2. The normalized spacial score (nSPS) is 11.4. The van der Waals surface area contributed by atoms with Crippen LogP contribution < -0.4 is 0 Å². The molecule has 0 fully saturated rings. The van der Waals surface area contributed by atoms with Gasteiger partial charge in [-0.1, -0.05) is 24.3 Å². The summed E-state index contributed by atoms with van der Waals surface area (Å²) in [6.45, 7) is 3.48. The molecule has 3 nitrogen and oxygen atoms in total. The largest absolute Gasteiger partial charge is 0.360 e. The maximum atomic E-state index is 12.1. The molecule has 0 radical (unpaired) electrons. The monoisotopic (exact) mass is 325 g/mol. The Morgan fingerprint density at radius 1 is 1.33 bits per heavy atom.